The van der Waals surface area contributed by atoms with Crippen molar-refractivity contribution in [1.29, 1.82) is 0 Å². The van der Waals surface area contributed by atoms with Crippen molar-refractivity contribution in [3.63, 3.8) is 0 Å². The van der Waals surface area contributed by atoms with Gasteiger partial charge in [-0.1, -0.05) is 17.7 Å². The minimum absolute atomic E-state index is 0.0986. The number of hydrogen-bond donors (Lipinski definition) is 1. The van der Waals surface area contributed by atoms with Crippen molar-refractivity contribution in [2.45, 2.75) is 19.4 Å². The SMILES string of the molecule is CC(Oc1cccc(Cl)c1)C(=O)OCC(=O)Nc1cc2c(cc1[N+](=O)[O-])OCCCO2. The molecule has 2 aromatic rings. The van der Waals surface area contributed by atoms with Crippen molar-refractivity contribution >= 4 is 34.9 Å². The van der Waals surface area contributed by atoms with E-state index in [2.05, 4.69) is 5.32 Å². The number of nitro benzene ring substituents is 1. The van der Waals surface area contributed by atoms with Crippen LogP contribution in [-0.4, -0.2) is 42.7 Å². The van der Waals surface area contributed by atoms with Gasteiger partial charge in [-0.2, -0.15) is 0 Å². The van der Waals surface area contributed by atoms with E-state index in [4.69, 9.17) is 30.5 Å². The summed E-state index contributed by atoms with van der Waals surface area (Å²) in [4.78, 5) is 35.0. The molecule has 0 bridgehead atoms. The predicted molar refractivity (Wildman–Crippen MR) is 110 cm³/mol. The molecule has 1 aliphatic heterocycles. The monoisotopic (exact) mass is 450 g/mol. The van der Waals surface area contributed by atoms with E-state index in [1.807, 2.05) is 0 Å². The Hall–Kier alpha value is -3.53. The van der Waals surface area contributed by atoms with Crippen LogP contribution in [0.25, 0.3) is 0 Å². The van der Waals surface area contributed by atoms with Gasteiger partial charge >= 0.3 is 5.97 Å². The third-order valence-corrected chi connectivity index (χ3v) is 4.36. The molecule has 164 valence electrons. The van der Waals surface area contributed by atoms with E-state index >= 15 is 0 Å². The smallest absolute Gasteiger partial charge is 0.347 e. The number of carbonyl (C=O) groups excluding carboxylic acids is 2. The molecule has 0 fully saturated rings. The normalized spacial score (nSPS) is 13.5. The first-order valence-corrected chi connectivity index (χ1v) is 9.68. The highest BCUT2D eigenvalue weighted by Crippen LogP contribution is 2.39. The molecule has 10 nitrogen and oxygen atoms in total. The summed E-state index contributed by atoms with van der Waals surface area (Å²) in [7, 11) is 0. The molecule has 31 heavy (non-hydrogen) atoms. The zero-order valence-corrected chi connectivity index (χ0v) is 17.2. The Kier molecular flexibility index (Phi) is 7.14. The molecule has 2 aromatic carbocycles. The number of hydrogen-bond acceptors (Lipinski definition) is 8. The lowest BCUT2D eigenvalue weighted by Gasteiger charge is -2.14. The molecule has 11 heteroatoms. The number of nitrogens with one attached hydrogen (secondary N) is 1. The Balaban J connectivity index is 1.60. The second kappa shape index (κ2) is 9.98. The molecule has 0 spiro atoms. The van der Waals surface area contributed by atoms with Crippen LogP contribution in [-0.2, 0) is 14.3 Å². The number of nitro groups is 1. The van der Waals surface area contributed by atoms with Crippen LogP contribution in [0.1, 0.15) is 13.3 Å². The number of halogens is 1. The zero-order valence-electron chi connectivity index (χ0n) is 16.5. The number of fused-ring (bicyclic) bond motifs is 1. The number of benzene rings is 2. The van der Waals surface area contributed by atoms with Crippen LogP contribution >= 0.6 is 11.6 Å². The molecule has 1 heterocycles. The van der Waals surface area contributed by atoms with E-state index in [9.17, 15) is 19.7 Å². The maximum absolute atomic E-state index is 12.2. The molecule has 0 aliphatic carbocycles. The van der Waals surface area contributed by atoms with Gasteiger partial charge in [-0.3, -0.25) is 14.9 Å². The molecule has 1 aliphatic rings. The number of rotatable bonds is 7. The van der Waals surface area contributed by atoms with E-state index in [0.29, 0.717) is 30.4 Å². The Morgan fingerprint density at radius 1 is 1.23 bits per heavy atom. The fourth-order valence-electron chi connectivity index (χ4n) is 2.68. The number of amides is 1. The zero-order chi connectivity index (χ0) is 22.4. The van der Waals surface area contributed by atoms with Crippen molar-refractivity contribution in [2.75, 3.05) is 25.1 Å². The number of ether oxygens (including phenoxy) is 4. The van der Waals surface area contributed by atoms with Crippen LogP contribution in [0.15, 0.2) is 36.4 Å². The average Bonchev–Trinajstić information content (AvgIpc) is 2.96. The molecule has 0 aromatic heterocycles. The molecule has 1 N–H and O–H groups in total. The molecule has 1 atom stereocenters. The van der Waals surface area contributed by atoms with Gasteiger partial charge in [0.2, 0.25) is 0 Å². The molecular weight excluding hydrogens is 432 g/mol. The second-order valence-corrected chi connectivity index (χ2v) is 6.93. The maximum Gasteiger partial charge on any atom is 0.347 e. The third kappa shape index (κ3) is 5.98. The average molecular weight is 451 g/mol. The number of carbonyl (C=O) groups is 2. The standard InChI is InChI=1S/C20H19ClN2O8/c1-12(31-14-5-2-4-13(21)8-14)20(25)30-11-19(24)22-15-9-17-18(10-16(15)23(26)27)29-7-3-6-28-17/h2,4-5,8-10,12H,3,6-7,11H2,1H3,(H,22,24). The van der Waals surface area contributed by atoms with Gasteiger partial charge in [-0.05, 0) is 25.1 Å². The van der Waals surface area contributed by atoms with Gasteiger partial charge in [0.05, 0.1) is 24.2 Å². The van der Waals surface area contributed by atoms with Crippen molar-refractivity contribution in [1.82, 2.24) is 0 Å². The van der Waals surface area contributed by atoms with Crippen LogP contribution < -0.4 is 19.5 Å². The Morgan fingerprint density at radius 3 is 2.61 bits per heavy atom. The molecule has 0 saturated carbocycles. The van der Waals surface area contributed by atoms with Crippen LogP contribution in [0.5, 0.6) is 17.2 Å². The first kappa shape index (κ1) is 22.2. The number of anilines is 1. The maximum atomic E-state index is 12.2. The Morgan fingerprint density at radius 2 is 1.94 bits per heavy atom. The molecule has 1 amide bonds. The van der Waals surface area contributed by atoms with Crippen molar-refractivity contribution in [3.8, 4) is 17.2 Å². The van der Waals surface area contributed by atoms with Crippen molar-refractivity contribution in [3.05, 3.63) is 51.5 Å². The lowest BCUT2D eigenvalue weighted by atomic mass is 10.2. The summed E-state index contributed by atoms with van der Waals surface area (Å²) in [5.41, 5.74) is -0.472. The van der Waals surface area contributed by atoms with E-state index in [-0.39, 0.29) is 22.9 Å². The first-order valence-electron chi connectivity index (χ1n) is 9.30. The minimum atomic E-state index is -1.00. The van der Waals surface area contributed by atoms with Gasteiger partial charge in [-0.15, -0.1) is 0 Å². The lowest BCUT2D eigenvalue weighted by molar-refractivity contribution is -0.384. The van der Waals surface area contributed by atoms with E-state index in [1.165, 1.54) is 25.1 Å². The van der Waals surface area contributed by atoms with Gasteiger partial charge in [0.15, 0.2) is 24.2 Å². The second-order valence-electron chi connectivity index (χ2n) is 6.50. The van der Waals surface area contributed by atoms with Gasteiger partial charge in [-0.25, -0.2) is 4.79 Å². The molecule has 1 unspecified atom stereocenters. The number of esters is 1. The van der Waals surface area contributed by atoms with E-state index in [1.54, 1.807) is 18.2 Å². The quantitative estimate of drug-likeness (QED) is 0.386. The summed E-state index contributed by atoms with van der Waals surface area (Å²) in [6.45, 7) is 1.53. The van der Waals surface area contributed by atoms with Crippen LogP contribution in [0.3, 0.4) is 0 Å². The first-order chi connectivity index (χ1) is 14.8. The summed E-state index contributed by atoms with van der Waals surface area (Å²) >= 11 is 5.86. The van der Waals surface area contributed by atoms with Crippen molar-refractivity contribution in [2.24, 2.45) is 0 Å². The van der Waals surface area contributed by atoms with Crippen LogP contribution in [0, 0.1) is 10.1 Å². The third-order valence-electron chi connectivity index (χ3n) is 4.12. The largest absolute Gasteiger partial charge is 0.489 e. The topological polar surface area (TPSA) is 126 Å². The van der Waals surface area contributed by atoms with E-state index < -0.39 is 29.5 Å². The highest BCUT2D eigenvalue weighted by atomic mass is 35.5. The van der Waals surface area contributed by atoms with E-state index in [0.717, 1.165) is 0 Å². The van der Waals surface area contributed by atoms with Gasteiger partial charge in [0.1, 0.15) is 11.4 Å². The van der Waals surface area contributed by atoms with Gasteiger partial charge in [0.25, 0.3) is 11.6 Å². The fraction of sp³-hybridized carbons (Fsp3) is 0.300. The summed E-state index contributed by atoms with van der Waals surface area (Å²) in [5.74, 6) is -0.687. The molecule has 0 radical (unpaired) electrons. The van der Waals surface area contributed by atoms with Crippen molar-refractivity contribution < 1.29 is 33.5 Å². The van der Waals surface area contributed by atoms with Crippen LogP contribution in [0.2, 0.25) is 5.02 Å². The summed E-state index contributed by atoms with van der Waals surface area (Å²) in [5, 5.41) is 14.2. The minimum Gasteiger partial charge on any atom is -0.489 e. The van der Waals surface area contributed by atoms with Gasteiger partial charge < -0.3 is 24.3 Å². The predicted octanol–water partition coefficient (Wildman–Crippen LogP) is 3.36. The Labute approximate surface area is 182 Å². The Bertz CT molecular complexity index is 997. The molecule has 0 saturated heterocycles. The number of nitrogens with zero attached hydrogens (tertiary/aromatic N) is 1. The summed E-state index contributed by atoms with van der Waals surface area (Å²) in [6, 6.07) is 8.95. The highest BCUT2D eigenvalue weighted by molar-refractivity contribution is 6.30. The lowest BCUT2D eigenvalue weighted by Crippen LogP contribution is -2.29. The molecular formula is C20H19ClN2O8. The summed E-state index contributed by atoms with van der Waals surface area (Å²) < 4.78 is 21.3. The summed E-state index contributed by atoms with van der Waals surface area (Å²) in [6.07, 6.45) is -0.381. The highest BCUT2D eigenvalue weighted by Gasteiger charge is 2.24. The van der Waals surface area contributed by atoms with Crippen LogP contribution in [0.4, 0.5) is 11.4 Å². The van der Waals surface area contributed by atoms with Gasteiger partial charge in [0, 0.05) is 17.5 Å². The molecule has 3 rings (SSSR count). The fourth-order valence-corrected chi connectivity index (χ4v) is 2.86.